The van der Waals surface area contributed by atoms with E-state index in [1.165, 1.54) is 0 Å². The van der Waals surface area contributed by atoms with Crippen molar-refractivity contribution in [1.29, 1.82) is 0 Å². The number of carbonyl (C=O) groups is 1. The van der Waals surface area contributed by atoms with Gasteiger partial charge in [0.15, 0.2) is 5.58 Å². The zero-order valence-corrected chi connectivity index (χ0v) is 17.3. The maximum absolute atomic E-state index is 12.5. The highest BCUT2D eigenvalue weighted by Gasteiger charge is 2.13. The van der Waals surface area contributed by atoms with E-state index < -0.39 is 0 Å². The fourth-order valence-electron chi connectivity index (χ4n) is 2.60. The predicted molar refractivity (Wildman–Crippen MR) is 117 cm³/mol. The smallest absolute Gasteiger partial charge is 0.256 e. The lowest BCUT2D eigenvalue weighted by atomic mass is 10.2. The molecule has 0 unspecified atom stereocenters. The quantitative estimate of drug-likeness (QED) is 0.315. The summed E-state index contributed by atoms with van der Waals surface area (Å²) in [5.74, 6) is 0.261. The molecule has 4 rings (SSSR count). The Balaban J connectivity index is 1.64. The molecule has 27 heavy (non-hydrogen) atoms. The standard InChI is InChI=1S/C20H11Cl2IN2O2/c21-14-7-5-11(9-15(14)22)20-25-17-10-12(6-8-18(17)27-20)24-19(26)13-3-1-2-4-16(13)23/h1-10H,(H,24,26). The summed E-state index contributed by atoms with van der Waals surface area (Å²) in [6.07, 6.45) is 0. The second-order valence-corrected chi connectivity index (χ2v) is 7.74. The highest BCUT2D eigenvalue weighted by Crippen LogP contribution is 2.31. The largest absolute Gasteiger partial charge is 0.436 e. The maximum atomic E-state index is 12.5. The van der Waals surface area contributed by atoms with Gasteiger partial charge in [-0.3, -0.25) is 4.79 Å². The minimum Gasteiger partial charge on any atom is -0.436 e. The number of hydrogen-bond acceptors (Lipinski definition) is 3. The van der Waals surface area contributed by atoms with E-state index in [-0.39, 0.29) is 5.91 Å². The summed E-state index contributed by atoms with van der Waals surface area (Å²) in [5.41, 5.74) is 3.24. The topological polar surface area (TPSA) is 55.1 Å². The third-order valence-corrected chi connectivity index (χ3v) is 5.61. The number of benzene rings is 3. The van der Waals surface area contributed by atoms with E-state index in [9.17, 15) is 4.79 Å². The molecule has 4 nitrogen and oxygen atoms in total. The van der Waals surface area contributed by atoms with Crippen molar-refractivity contribution < 1.29 is 9.21 Å². The first-order valence-electron chi connectivity index (χ1n) is 7.93. The summed E-state index contributed by atoms with van der Waals surface area (Å²) >= 11 is 14.2. The molecule has 0 spiro atoms. The monoisotopic (exact) mass is 508 g/mol. The minimum atomic E-state index is -0.174. The van der Waals surface area contributed by atoms with Crippen molar-refractivity contribution in [1.82, 2.24) is 4.98 Å². The van der Waals surface area contributed by atoms with Gasteiger partial charge in [-0.25, -0.2) is 4.98 Å². The molecule has 1 aromatic heterocycles. The average molecular weight is 509 g/mol. The summed E-state index contributed by atoms with van der Waals surface area (Å²) in [4.78, 5) is 17.0. The molecule has 0 bridgehead atoms. The van der Waals surface area contributed by atoms with Gasteiger partial charge in [-0.2, -0.15) is 0 Å². The van der Waals surface area contributed by atoms with Crippen LogP contribution in [0.3, 0.4) is 0 Å². The molecule has 1 amide bonds. The molecule has 0 aliphatic rings. The number of aromatic nitrogens is 1. The van der Waals surface area contributed by atoms with Gasteiger partial charge in [0.05, 0.1) is 15.6 Å². The molecular weight excluding hydrogens is 498 g/mol. The lowest BCUT2D eigenvalue weighted by Gasteiger charge is -2.06. The Morgan fingerprint density at radius 3 is 2.59 bits per heavy atom. The zero-order chi connectivity index (χ0) is 19.0. The molecule has 0 aliphatic carbocycles. The van der Waals surface area contributed by atoms with Crippen LogP contribution in [0.5, 0.6) is 0 Å². The average Bonchev–Trinajstić information content (AvgIpc) is 3.07. The van der Waals surface area contributed by atoms with E-state index in [4.69, 9.17) is 27.6 Å². The Hall–Kier alpha value is -2.09. The van der Waals surface area contributed by atoms with Gasteiger partial charge in [0.1, 0.15) is 5.52 Å². The van der Waals surface area contributed by atoms with Gasteiger partial charge in [0.2, 0.25) is 5.89 Å². The third kappa shape index (κ3) is 3.81. The van der Waals surface area contributed by atoms with E-state index in [1.807, 2.05) is 18.2 Å². The van der Waals surface area contributed by atoms with Gasteiger partial charge < -0.3 is 9.73 Å². The second-order valence-electron chi connectivity index (χ2n) is 5.76. The molecule has 0 aliphatic heterocycles. The molecule has 0 fully saturated rings. The number of anilines is 1. The van der Waals surface area contributed by atoms with E-state index in [0.717, 1.165) is 9.13 Å². The predicted octanol–water partition coefficient (Wildman–Crippen LogP) is 6.66. The van der Waals surface area contributed by atoms with Crippen LogP contribution in [0.2, 0.25) is 10.0 Å². The molecular formula is C20H11Cl2IN2O2. The molecule has 3 aromatic carbocycles. The zero-order valence-electron chi connectivity index (χ0n) is 13.7. The van der Waals surface area contributed by atoms with Gasteiger partial charge in [0.25, 0.3) is 5.91 Å². The molecule has 0 atom stereocenters. The molecule has 0 radical (unpaired) electrons. The van der Waals surface area contributed by atoms with E-state index in [0.29, 0.717) is 38.3 Å². The number of nitrogens with one attached hydrogen (secondary N) is 1. The van der Waals surface area contributed by atoms with E-state index in [2.05, 4.69) is 32.9 Å². The Morgan fingerprint density at radius 2 is 1.81 bits per heavy atom. The summed E-state index contributed by atoms with van der Waals surface area (Å²) in [7, 11) is 0. The third-order valence-electron chi connectivity index (χ3n) is 3.93. The number of amides is 1. The SMILES string of the molecule is O=C(Nc1ccc2oc(-c3ccc(Cl)c(Cl)c3)nc2c1)c1ccccc1I. The van der Waals surface area contributed by atoms with Crippen molar-refractivity contribution in [3.05, 3.63) is 79.8 Å². The van der Waals surface area contributed by atoms with Crippen molar-refractivity contribution >= 4 is 68.5 Å². The number of halogens is 3. The fraction of sp³-hybridized carbons (Fsp3) is 0. The Labute approximate surface area is 178 Å². The molecule has 0 saturated heterocycles. The summed E-state index contributed by atoms with van der Waals surface area (Å²) in [6, 6.07) is 17.9. The van der Waals surface area contributed by atoms with Crippen LogP contribution in [-0.4, -0.2) is 10.9 Å². The number of hydrogen-bond donors (Lipinski definition) is 1. The summed E-state index contributed by atoms with van der Waals surface area (Å²) in [5, 5.41) is 3.79. The van der Waals surface area contributed by atoms with Crippen LogP contribution in [0.25, 0.3) is 22.6 Å². The number of rotatable bonds is 3. The fourth-order valence-corrected chi connectivity index (χ4v) is 3.53. The first-order valence-corrected chi connectivity index (χ1v) is 9.76. The number of nitrogens with zero attached hydrogens (tertiary/aromatic N) is 1. The lowest BCUT2D eigenvalue weighted by molar-refractivity contribution is 0.102. The van der Waals surface area contributed by atoms with E-state index in [1.54, 1.807) is 42.5 Å². The molecule has 1 N–H and O–H groups in total. The van der Waals surface area contributed by atoms with Crippen LogP contribution in [0, 0.1) is 3.57 Å². The van der Waals surface area contributed by atoms with Gasteiger partial charge in [-0.05, 0) is 71.1 Å². The molecule has 134 valence electrons. The first-order chi connectivity index (χ1) is 13.0. The van der Waals surface area contributed by atoms with Crippen LogP contribution in [0.4, 0.5) is 5.69 Å². The molecule has 4 aromatic rings. The van der Waals surface area contributed by atoms with Crippen LogP contribution >= 0.6 is 45.8 Å². The van der Waals surface area contributed by atoms with Crippen molar-refractivity contribution in [2.75, 3.05) is 5.32 Å². The summed E-state index contributed by atoms with van der Waals surface area (Å²) < 4.78 is 6.67. The minimum absolute atomic E-state index is 0.174. The van der Waals surface area contributed by atoms with Crippen LogP contribution in [-0.2, 0) is 0 Å². The maximum Gasteiger partial charge on any atom is 0.256 e. The van der Waals surface area contributed by atoms with Gasteiger partial charge in [-0.1, -0.05) is 35.3 Å². The lowest BCUT2D eigenvalue weighted by Crippen LogP contribution is -2.13. The van der Waals surface area contributed by atoms with Gasteiger partial charge >= 0.3 is 0 Å². The Morgan fingerprint density at radius 1 is 1.00 bits per heavy atom. The van der Waals surface area contributed by atoms with Crippen LogP contribution in [0.1, 0.15) is 10.4 Å². The van der Waals surface area contributed by atoms with Crippen LogP contribution in [0.15, 0.2) is 65.1 Å². The number of oxazole rings is 1. The van der Waals surface area contributed by atoms with Gasteiger partial charge in [0, 0.05) is 14.8 Å². The van der Waals surface area contributed by atoms with Crippen molar-refractivity contribution in [3.8, 4) is 11.5 Å². The normalized spacial score (nSPS) is 10.9. The highest BCUT2D eigenvalue weighted by atomic mass is 127. The highest BCUT2D eigenvalue weighted by molar-refractivity contribution is 14.1. The second kappa shape index (κ2) is 7.50. The van der Waals surface area contributed by atoms with Crippen molar-refractivity contribution in [2.24, 2.45) is 0 Å². The van der Waals surface area contributed by atoms with Crippen molar-refractivity contribution in [2.45, 2.75) is 0 Å². The van der Waals surface area contributed by atoms with Crippen molar-refractivity contribution in [3.63, 3.8) is 0 Å². The van der Waals surface area contributed by atoms with Crippen LogP contribution < -0.4 is 5.32 Å². The number of carbonyl (C=O) groups excluding carboxylic acids is 1. The first kappa shape index (κ1) is 18.3. The van der Waals surface area contributed by atoms with Gasteiger partial charge in [-0.15, -0.1) is 0 Å². The molecule has 1 heterocycles. The molecule has 7 heteroatoms. The van der Waals surface area contributed by atoms with E-state index >= 15 is 0 Å². The Bertz CT molecular complexity index is 1170. The number of fused-ring (bicyclic) bond motifs is 1. The molecule has 0 saturated carbocycles. The summed E-state index contributed by atoms with van der Waals surface area (Å²) in [6.45, 7) is 0. The Kier molecular flexibility index (Phi) is 5.08.